The second-order valence-electron chi connectivity index (χ2n) is 11.6. The van der Waals surface area contributed by atoms with Gasteiger partial charge >= 0.3 is 11.8 Å². The summed E-state index contributed by atoms with van der Waals surface area (Å²) in [6, 6.07) is 24.5. The van der Waals surface area contributed by atoms with E-state index >= 15 is 0 Å². The summed E-state index contributed by atoms with van der Waals surface area (Å²) in [5, 5.41) is 31.5. The predicted molar refractivity (Wildman–Crippen MR) is 197 cm³/mol. The van der Waals surface area contributed by atoms with Crippen molar-refractivity contribution >= 4 is 88.2 Å². The van der Waals surface area contributed by atoms with Crippen molar-refractivity contribution in [2.75, 3.05) is 21.3 Å². The van der Waals surface area contributed by atoms with Crippen LogP contribution in [-0.2, 0) is 29.8 Å². The van der Waals surface area contributed by atoms with Gasteiger partial charge in [-0.05, 0) is 60.7 Å². The predicted octanol–water partition coefficient (Wildman–Crippen LogP) is 4.98. The lowest BCUT2D eigenvalue weighted by molar-refractivity contribution is -0.132. The Balaban J connectivity index is 1.12. The Hall–Kier alpha value is -6.86. The number of aromatic hydroxyl groups is 2. The number of hydrogen-bond acceptors (Lipinski definition) is 10. The van der Waals surface area contributed by atoms with Crippen LogP contribution < -0.4 is 21.3 Å². The van der Waals surface area contributed by atoms with Crippen LogP contribution >= 0.6 is 0 Å². The minimum atomic E-state index is -4.71. The zero-order valence-electron chi connectivity index (χ0n) is 27.3. The lowest BCUT2D eigenvalue weighted by Crippen LogP contribution is -2.29. The molecular weight excluding hydrogens is 745 g/mol. The lowest BCUT2D eigenvalue weighted by atomic mass is 10.1. The first kappa shape index (κ1) is 36.9. The van der Waals surface area contributed by atoms with E-state index in [4.69, 9.17) is 0 Å². The van der Waals surface area contributed by atoms with Crippen LogP contribution in [0.2, 0.25) is 0 Å². The topological polar surface area (TPSA) is 266 Å². The molecule has 0 aromatic heterocycles. The second-order valence-corrected chi connectivity index (χ2v) is 14.3. The van der Waals surface area contributed by atoms with Crippen molar-refractivity contribution in [3.05, 3.63) is 120 Å². The van der Waals surface area contributed by atoms with E-state index in [9.17, 15) is 55.3 Å². The monoisotopic (exact) mass is 770 g/mol. The number of hydrogen-bond donors (Lipinski definition) is 8. The first-order chi connectivity index (χ1) is 25.5. The summed E-state index contributed by atoms with van der Waals surface area (Å²) < 4.78 is 65.1. The van der Waals surface area contributed by atoms with Gasteiger partial charge in [-0.3, -0.25) is 28.3 Å². The maximum absolute atomic E-state index is 13.1. The molecule has 4 amide bonds. The van der Waals surface area contributed by atoms with Crippen molar-refractivity contribution in [2.24, 2.45) is 0 Å². The molecule has 6 rings (SSSR count). The van der Waals surface area contributed by atoms with Gasteiger partial charge in [0.05, 0.1) is 0 Å². The molecule has 0 unspecified atom stereocenters. The highest BCUT2D eigenvalue weighted by Gasteiger charge is 2.22. The Morgan fingerprint density at radius 2 is 0.815 bits per heavy atom. The number of rotatable bonds is 8. The third-order valence-corrected chi connectivity index (χ3v) is 9.79. The zero-order chi connectivity index (χ0) is 38.9. The van der Waals surface area contributed by atoms with Crippen molar-refractivity contribution in [2.45, 2.75) is 9.79 Å². The minimum absolute atomic E-state index is 0.0474. The van der Waals surface area contributed by atoms with E-state index in [1.54, 1.807) is 0 Å². The average molecular weight is 771 g/mol. The molecule has 18 heteroatoms. The summed E-state index contributed by atoms with van der Waals surface area (Å²) in [6.07, 6.45) is 0. The number of phenolic OH excluding ortho intramolecular Hbond substituents is 2. The smallest absolute Gasteiger partial charge is 0.314 e. The Labute approximate surface area is 305 Å². The summed E-state index contributed by atoms with van der Waals surface area (Å²) in [4.78, 5) is 50.5. The summed E-state index contributed by atoms with van der Waals surface area (Å²) in [5.74, 6) is -4.93. The molecule has 16 nitrogen and oxygen atoms in total. The van der Waals surface area contributed by atoms with Gasteiger partial charge in [0.25, 0.3) is 32.1 Å². The highest BCUT2D eigenvalue weighted by atomic mass is 32.2. The van der Waals surface area contributed by atoms with Gasteiger partial charge in [0, 0.05) is 55.4 Å². The molecule has 274 valence electrons. The van der Waals surface area contributed by atoms with E-state index in [0.29, 0.717) is 0 Å². The first-order valence-electron chi connectivity index (χ1n) is 15.4. The van der Waals surface area contributed by atoms with Crippen molar-refractivity contribution < 1.29 is 55.3 Å². The molecule has 0 atom stereocenters. The van der Waals surface area contributed by atoms with E-state index < -0.39 is 65.2 Å². The number of carbonyl (C=O) groups excluding carboxylic acids is 4. The third kappa shape index (κ3) is 7.66. The molecular formula is C36H26N4O12S2. The molecule has 0 saturated heterocycles. The SMILES string of the molecule is O=C(Nc1cccc(C(=O)Nc2cccc3c(O)c(S(=O)(=O)O)ccc23)c1)C(=O)Nc1cccc(C(=O)Nc2cccc3c(O)c(S(=O)(=O)O)ccc23)c1. The molecule has 0 heterocycles. The number of anilines is 4. The van der Waals surface area contributed by atoms with E-state index in [1.807, 2.05) is 0 Å². The largest absolute Gasteiger partial charge is 0.506 e. The molecule has 0 spiro atoms. The van der Waals surface area contributed by atoms with Crippen LogP contribution in [0.15, 0.2) is 119 Å². The van der Waals surface area contributed by atoms with Crippen molar-refractivity contribution in [1.29, 1.82) is 0 Å². The van der Waals surface area contributed by atoms with Crippen LogP contribution in [0.1, 0.15) is 20.7 Å². The summed E-state index contributed by atoms with van der Waals surface area (Å²) in [7, 11) is -9.42. The maximum Gasteiger partial charge on any atom is 0.314 e. The lowest BCUT2D eigenvalue weighted by Gasteiger charge is -2.12. The van der Waals surface area contributed by atoms with Crippen molar-refractivity contribution in [3.8, 4) is 11.5 Å². The third-order valence-electron chi connectivity index (χ3n) is 8.02. The number of carbonyl (C=O) groups is 4. The van der Waals surface area contributed by atoms with Crippen LogP contribution in [-0.4, -0.2) is 59.8 Å². The average Bonchev–Trinajstić information content (AvgIpc) is 3.11. The van der Waals surface area contributed by atoms with Gasteiger partial charge in [-0.1, -0.05) is 48.5 Å². The summed E-state index contributed by atoms with van der Waals surface area (Å²) >= 11 is 0. The Morgan fingerprint density at radius 1 is 0.444 bits per heavy atom. The first-order valence-corrected chi connectivity index (χ1v) is 18.3. The highest BCUT2D eigenvalue weighted by Crippen LogP contribution is 2.37. The molecule has 54 heavy (non-hydrogen) atoms. The Bertz CT molecular complexity index is 2600. The quantitative estimate of drug-likeness (QED) is 0.0753. The van der Waals surface area contributed by atoms with Gasteiger partial charge in [-0.25, -0.2) is 0 Å². The molecule has 0 aliphatic carbocycles. The van der Waals surface area contributed by atoms with Crippen LogP contribution in [0.25, 0.3) is 21.5 Å². The second kappa shape index (κ2) is 14.3. The fourth-order valence-corrected chi connectivity index (χ4v) is 6.71. The zero-order valence-corrected chi connectivity index (χ0v) is 28.9. The normalized spacial score (nSPS) is 11.5. The standard InChI is InChI=1S/C36H26N4O12S2/c41-31-25-9-3-11-27(23(25)13-15-29(31)53(47,48)49)39-33(43)19-5-1-7-21(17-19)37-35(45)36(46)38-22-8-2-6-20(18-22)34(44)40-28-12-4-10-26-24(28)14-16-30(32(26)42)54(50,51)52/h1-18,41-42H,(H,37,45)(H,38,46)(H,39,43)(H,40,44)(H,47,48,49)(H,50,51,52). The van der Waals surface area contributed by atoms with Crippen LogP contribution in [0.3, 0.4) is 0 Å². The van der Waals surface area contributed by atoms with Gasteiger partial charge in [-0.15, -0.1) is 0 Å². The molecule has 0 saturated carbocycles. The fraction of sp³-hybridized carbons (Fsp3) is 0. The maximum atomic E-state index is 13.1. The highest BCUT2D eigenvalue weighted by molar-refractivity contribution is 7.86. The van der Waals surface area contributed by atoms with Crippen LogP contribution in [0, 0.1) is 0 Å². The van der Waals surface area contributed by atoms with Gasteiger partial charge in [-0.2, -0.15) is 16.8 Å². The van der Waals surface area contributed by atoms with E-state index in [2.05, 4.69) is 21.3 Å². The molecule has 0 aliphatic rings. The fourth-order valence-electron chi connectivity index (χ4n) is 5.52. The molecule has 0 bridgehead atoms. The molecule has 0 aliphatic heterocycles. The van der Waals surface area contributed by atoms with Crippen LogP contribution in [0.5, 0.6) is 11.5 Å². The molecule has 8 N–H and O–H groups in total. The van der Waals surface area contributed by atoms with Crippen molar-refractivity contribution in [3.63, 3.8) is 0 Å². The molecule has 0 radical (unpaired) electrons. The van der Waals surface area contributed by atoms with E-state index in [0.717, 1.165) is 12.1 Å². The van der Waals surface area contributed by atoms with Gasteiger partial charge in [0.2, 0.25) is 0 Å². The molecule has 6 aromatic carbocycles. The van der Waals surface area contributed by atoms with Crippen molar-refractivity contribution in [1.82, 2.24) is 0 Å². The van der Waals surface area contributed by atoms with Crippen LogP contribution in [0.4, 0.5) is 22.7 Å². The number of amides is 4. The molecule has 0 fully saturated rings. The summed E-state index contributed by atoms with van der Waals surface area (Å²) in [6.45, 7) is 0. The Morgan fingerprint density at radius 3 is 1.19 bits per heavy atom. The Kier molecular flexibility index (Phi) is 9.76. The van der Waals surface area contributed by atoms with Gasteiger partial charge in [0.15, 0.2) is 0 Å². The summed E-state index contributed by atoms with van der Waals surface area (Å²) in [5.41, 5.74) is 0.671. The van der Waals surface area contributed by atoms with Gasteiger partial charge < -0.3 is 31.5 Å². The number of fused-ring (bicyclic) bond motifs is 2. The number of nitrogens with one attached hydrogen (secondary N) is 4. The number of benzene rings is 6. The number of phenols is 2. The minimum Gasteiger partial charge on any atom is -0.506 e. The molecule has 6 aromatic rings. The van der Waals surface area contributed by atoms with Gasteiger partial charge in [0.1, 0.15) is 21.3 Å². The van der Waals surface area contributed by atoms with E-state index in [-0.39, 0.29) is 55.4 Å². The van der Waals surface area contributed by atoms with E-state index in [1.165, 1.54) is 97.1 Å².